The molecule has 0 spiro atoms. The summed E-state index contributed by atoms with van der Waals surface area (Å²) in [5.41, 5.74) is 9.61. The van der Waals surface area contributed by atoms with Gasteiger partial charge in [-0.25, -0.2) is 4.68 Å². The maximum Gasteiger partial charge on any atom is 0.104 e. The molecule has 1 aromatic heterocycles. The Morgan fingerprint density at radius 1 is 1.35 bits per heavy atom. The second-order valence-corrected chi connectivity index (χ2v) is 4.07. The second-order valence-electron chi connectivity index (χ2n) is 4.07. The minimum absolute atomic E-state index is 0.389. The lowest BCUT2D eigenvalue weighted by atomic mass is 10.1. The lowest BCUT2D eigenvalue weighted by molar-refractivity contribution is 0.648. The van der Waals surface area contributed by atoms with Crippen molar-refractivity contribution in [3.05, 3.63) is 48.2 Å². The topological polar surface area (TPSA) is 56.7 Å². The Hall–Kier alpha value is -1.94. The number of nitrogens with two attached hydrogens (primary N) is 1. The highest BCUT2D eigenvalue weighted by atomic mass is 15.4. The van der Waals surface area contributed by atoms with Gasteiger partial charge >= 0.3 is 0 Å². The van der Waals surface area contributed by atoms with Crippen molar-refractivity contribution >= 4 is 0 Å². The van der Waals surface area contributed by atoms with E-state index in [1.807, 2.05) is 41.9 Å². The molecule has 0 saturated carbocycles. The Balaban J connectivity index is 2.49. The highest BCUT2D eigenvalue weighted by molar-refractivity contribution is 5.61. The van der Waals surface area contributed by atoms with Crippen LogP contribution < -0.4 is 5.73 Å². The molecular weight excluding hydrogens is 212 g/mol. The summed E-state index contributed by atoms with van der Waals surface area (Å²) in [4.78, 5) is 0. The minimum Gasteiger partial charge on any atom is -0.325 e. The number of hydrogen-bond acceptors (Lipinski definition) is 3. The summed E-state index contributed by atoms with van der Waals surface area (Å²) in [6.45, 7) is 6.92. The van der Waals surface area contributed by atoms with Crippen molar-refractivity contribution in [1.82, 2.24) is 15.0 Å². The van der Waals surface area contributed by atoms with E-state index in [0.29, 0.717) is 13.1 Å². The summed E-state index contributed by atoms with van der Waals surface area (Å²) in [7, 11) is 0. The van der Waals surface area contributed by atoms with Crippen LogP contribution in [0.1, 0.15) is 12.6 Å². The maximum absolute atomic E-state index is 5.69. The molecule has 88 valence electrons. The van der Waals surface area contributed by atoms with Crippen LogP contribution in [0.3, 0.4) is 0 Å². The SMILES string of the molecule is C=C(C)Cn1nnc(CN)c1-c1ccccc1. The monoisotopic (exact) mass is 228 g/mol. The summed E-state index contributed by atoms with van der Waals surface area (Å²) in [5, 5.41) is 8.24. The molecule has 4 heteroatoms. The van der Waals surface area contributed by atoms with Crippen molar-refractivity contribution < 1.29 is 0 Å². The third-order valence-corrected chi connectivity index (χ3v) is 2.47. The van der Waals surface area contributed by atoms with E-state index in [-0.39, 0.29) is 0 Å². The van der Waals surface area contributed by atoms with Crippen LogP contribution in [0.5, 0.6) is 0 Å². The first-order valence-corrected chi connectivity index (χ1v) is 5.54. The van der Waals surface area contributed by atoms with Gasteiger partial charge in [0, 0.05) is 12.1 Å². The van der Waals surface area contributed by atoms with E-state index in [1.54, 1.807) is 0 Å². The van der Waals surface area contributed by atoms with Crippen LogP contribution in [0.25, 0.3) is 11.3 Å². The summed E-state index contributed by atoms with van der Waals surface area (Å²) >= 11 is 0. The molecule has 0 fully saturated rings. The van der Waals surface area contributed by atoms with Crippen LogP contribution in [0.4, 0.5) is 0 Å². The van der Waals surface area contributed by atoms with Gasteiger partial charge in [-0.1, -0.05) is 47.7 Å². The van der Waals surface area contributed by atoms with E-state index in [1.165, 1.54) is 0 Å². The second kappa shape index (κ2) is 4.93. The van der Waals surface area contributed by atoms with E-state index in [0.717, 1.165) is 22.5 Å². The minimum atomic E-state index is 0.389. The van der Waals surface area contributed by atoms with E-state index in [9.17, 15) is 0 Å². The van der Waals surface area contributed by atoms with Crippen LogP contribution in [-0.4, -0.2) is 15.0 Å². The van der Waals surface area contributed by atoms with Crippen molar-refractivity contribution in [2.45, 2.75) is 20.0 Å². The Morgan fingerprint density at radius 2 is 2.06 bits per heavy atom. The fourth-order valence-electron chi connectivity index (χ4n) is 1.76. The highest BCUT2D eigenvalue weighted by Gasteiger charge is 2.13. The fraction of sp³-hybridized carbons (Fsp3) is 0.231. The Morgan fingerprint density at radius 3 is 2.65 bits per heavy atom. The van der Waals surface area contributed by atoms with Crippen LogP contribution in [0.2, 0.25) is 0 Å². The largest absolute Gasteiger partial charge is 0.325 e. The zero-order valence-electron chi connectivity index (χ0n) is 9.93. The maximum atomic E-state index is 5.69. The van der Waals surface area contributed by atoms with E-state index in [4.69, 9.17) is 5.73 Å². The van der Waals surface area contributed by atoms with Gasteiger partial charge in [-0.3, -0.25) is 0 Å². The van der Waals surface area contributed by atoms with Gasteiger partial charge in [-0.2, -0.15) is 0 Å². The molecule has 0 aliphatic rings. The van der Waals surface area contributed by atoms with Gasteiger partial charge in [-0.15, -0.1) is 5.10 Å². The highest BCUT2D eigenvalue weighted by Crippen LogP contribution is 2.22. The van der Waals surface area contributed by atoms with Gasteiger partial charge < -0.3 is 5.73 Å². The zero-order valence-corrected chi connectivity index (χ0v) is 9.93. The van der Waals surface area contributed by atoms with Crippen LogP contribution >= 0.6 is 0 Å². The third kappa shape index (κ3) is 2.42. The molecule has 0 amide bonds. The smallest absolute Gasteiger partial charge is 0.104 e. The standard InChI is InChI=1S/C13H16N4/c1-10(2)9-17-13(12(8-14)15-16-17)11-6-4-3-5-7-11/h3-7H,1,8-9,14H2,2H3. The van der Waals surface area contributed by atoms with Crippen molar-refractivity contribution in [3.63, 3.8) is 0 Å². The summed E-state index contributed by atoms with van der Waals surface area (Å²) in [6.07, 6.45) is 0. The van der Waals surface area contributed by atoms with Crippen LogP contribution in [0.15, 0.2) is 42.5 Å². The zero-order chi connectivity index (χ0) is 12.3. The number of benzene rings is 1. The molecule has 0 saturated heterocycles. The Kier molecular flexibility index (Phi) is 3.35. The normalized spacial score (nSPS) is 10.5. The van der Waals surface area contributed by atoms with Gasteiger partial charge in [0.05, 0.1) is 12.2 Å². The van der Waals surface area contributed by atoms with Crippen LogP contribution in [-0.2, 0) is 13.1 Å². The molecule has 0 radical (unpaired) electrons. The van der Waals surface area contributed by atoms with Crippen molar-refractivity contribution in [1.29, 1.82) is 0 Å². The molecule has 1 heterocycles. The first-order chi connectivity index (χ1) is 8.22. The molecule has 4 nitrogen and oxygen atoms in total. The molecule has 0 aliphatic heterocycles. The lowest BCUT2D eigenvalue weighted by Crippen LogP contribution is -2.05. The average molecular weight is 228 g/mol. The molecule has 0 unspecified atom stereocenters. The van der Waals surface area contributed by atoms with E-state index in [2.05, 4.69) is 16.9 Å². The molecule has 1 aromatic carbocycles. The first kappa shape index (κ1) is 11.5. The molecule has 2 rings (SSSR count). The molecule has 0 atom stereocenters. The van der Waals surface area contributed by atoms with E-state index >= 15 is 0 Å². The Labute approximate surface area is 101 Å². The molecule has 2 aromatic rings. The first-order valence-electron chi connectivity index (χ1n) is 5.54. The Bertz CT molecular complexity index is 513. The van der Waals surface area contributed by atoms with E-state index < -0.39 is 0 Å². The fourth-order valence-corrected chi connectivity index (χ4v) is 1.76. The molecule has 0 bridgehead atoms. The van der Waals surface area contributed by atoms with Crippen LogP contribution in [0, 0.1) is 0 Å². The number of aromatic nitrogens is 3. The third-order valence-electron chi connectivity index (χ3n) is 2.47. The number of allylic oxidation sites excluding steroid dienone is 1. The van der Waals surface area contributed by atoms with Crippen molar-refractivity contribution in [2.24, 2.45) is 5.73 Å². The van der Waals surface area contributed by atoms with Gasteiger partial charge in [0.2, 0.25) is 0 Å². The predicted molar refractivity (Wildman–Crippen MR) is 68.2 cm³/mol. The molecule has 2 N–H and O–H groups in total. The summed E-state index contributed by atoms with van der Waals surface area (Å²) in [6, 6.07) is 10.0. The van der Waals surface area contributed by atoms with Crippen molar-refractivity contribution in [3.8, 4) is 11.3 Å². The average Bonchev–Trinajstić information content (AvgIpc) is 2.72. The van der Waals surface area contributed by atoms with Crippen molar-refractivity contribution in [2.75, 3.05) is 0 Å². The predicted octanol–water partition coefficient (Wildman–Crippen LogP) is 1.98. The lowest BCUT2D eigenvalue weighted by Gasteiger charge is -2.07. The van der Waals surface area contributed by atoms with Gasteiger partial charge in [-0.05, 0) is 6.92 Å². The quantitative estimate of drug-likeness (QED) is 0.814. The number of hydrogen-bond donors (Lipinski definition) is 1. The number of nitrogens with zero attached hydrogens (tertiary/aromatic N) is 3. The molecule has 17 heavy (non-hydrogen) atoms. The molecular formula is C13H16N4. The summed E-state index contributed by atoms with van der Waals surface area (Å²) < 4.78 is 1.85. The summed E-state index contributed by atoms with van der Waals surface area (Å²) in [5.74, 6) is 0. The van der Waals surface area contributed by atoms with Gasteiger partial charge in [0.15, 0.2) is 0 Å². The van der Waals surface area contributed by atoms with Gasteiger partial charge in [0.25, 0.3) is 0 Å². The van der Waals surface area contributed by atoms with Gasteiger partial charge in [0.1, 0.15) is 5.69 Å². The molecule has 0 aliphatic carbocycles. The number of rotatable bonds is 4.